The summed E-state index contributed by atoms with van der Waals surface area (Å²) in [5.41, 5.74) is 0. The summed E-state index contributed by atoms with van der Waals surface area (Å²) in [5.74, 6) is 0. The van der Waals surface area contributed by atoms with Crippen LogP contribution >= 0.6 is 0 Å². The van der Waals surface area contributed by atoms with Crippen molar-refractivity contribution in [3.63, 3.8) is 0 Å². The number of hydrogen-bond acceptors (Lipinski definition) is 1. The van der Waals surface area contributed by atoms with Crippen LogP contribution < -0.4 is 20.3 Å². The lowest BCUT2D eigenvalue weighted by Gasteiger charge is -1.00. The van der Waals surface area contributed by atoms with E-state index in [1.54, 1.807) is 0 Å². The maximum absolute atomic E-state index is 0. The Balaban J connectivity index is 0. The van der Waals surface area contributed by atoms with Crippen LogP contribution in [0, 0.1) is 0 Å². The highest BCUT2D eigenvalue weighted by Crippen LogP contribution is -0.481. The molecule has 0 aliphatic rings. The predicted octanol–water partition coefficient (Wildman–Crippen LogP) is -8.83. The average Bonchev–Trinajstić information content (AvgIpc) is 0. The van der Waals surface area contributed by atoms with Crippen LogP contribution in [-0.2, 0) is 0 Å². The Morgan fingerprint density at radius 3 is 0.500 bits per heavy atom. The highest BCUT2D eigenvalue weighted by atomic mass is 19.0. The van der Waals surface area contributed by atoms with Crippen LogP contribution in [0.3, 0.4) is 0 Å². The summed E-state index contributed by atoms with van der Waals surface area (Å²) in [6, 6.07) is 0. The summed E-state index contributed by atoms with van der Waals surface area (Å²) < 4.78 is 0. The van der Waals surface area contributed by atoms with Crippen molar-refractivity contribution in [2.75, 3.05) is 0 Å². The summed E-state index contributed by atoms with van der Waals surface area (Å²) in [4.78, 5) is 0. The molecule has 0 radical (unpaired) electrons. The fourth-order valence-electron chi connectivity index (χ4n) is 0. The molecule has 0 bridgehead atoms. The molecule has 0 unspecified atom stereocenters. The van der Waals surface area contributed by atoms with Gasteiger partial charge in [0, 0.05) is 0 Å². The quantitative estimate of drug-likeness (QED) is 0.304. The summed E-state index contributed by atoms with van der Waals surface area (Å²) in [6.45, 7) is 0. The fraction of sp³-hybridized carbons (Fsp3) is 0. The smallest absolute Gasteiger partial charge is 0.344 e. The second kappa shape index (κ2) is 135. The van der Waals surface area contributed by atoms with E-state index in [0.717, 1.165) is 0 Å². The molecule has 4 heteroatoms. The molecule has 0 spiro atoms. The Labute approximate surface area is 21.7 Å². The van der Waals surface area contributed by atoms with Gasteiger partial charge >= 0.3 is 0 Å². The Kier molecular flexibility index (Phi) is 15300. The van der Waals surface area contributed by atoms with Crippen LogP contribution in [0.15, 0.2) is 0 Å². The van der Waals surface area contributed by atoms with Crippen molar-refractivity contribution >= 4 is 0 Å². The Morgan fingerprint density at radius 1 is 0.500 bits per heavy atom. The highest BCUT2D eigenvalue weighted by Gasteiger charge is -0.344. The van der Waals surface area contributed by atoms with E-state index in [4.69, 9.17) is 0 Å². The van der Waals surface area contributed by atoms with Gasteiger partial charge in [0.05, 0.1) is 0 Å². The molecule has 4 heavy (non-hydrogen) atoms. The van der Waals surface area contributed by atoms with Crippen molar-refractivity contribution in [2.45, 2.75) is 0 Å². The first-order valence-electron chi connectivity index (χ1n) is 0. The Hall–Kier alpha value is -0.250. The van der Waals surface area contributed by atoms with Gasteiger partial charge in [0.1, 0.15) is 0 Å². The van der Waals surface area contributed by atoms with Crippen molar-refractivity contribution < 1.29 is 14.1 Å². The second-order valence-electron chi connectivity index (χ2n) is 0. The molecule has 0 rings (SSSR count). The molecule has 0 aliphatic heterocycles. The van der Waals surface area contributed by atoms with Crippen molar-refractivity contribution in [3.05, 3.63) is 0 Å². The van der Waals surface area contributed by atoms with Gasteiger partial charge < -0.3 is 20.3 Å². The minimum atomic E-state index is 0. The molecule has 32 valence electrons. The zero-order valence-electron chi connectivity index (χ0n) is 1.84. The number of halogens is 3. The van der Waals surface area contributed by atoms with E-state index in [0.29, 0.717) is 0 Å². The summed E-state index contributed by atoms with van der Waals surface area (Å²) >= 11 is 0. The zero-order valence-corrected chi connectivity index (χ0v) is 1.84. The lowest BCUT2D eigenvalue weighted by molar-refractivity contribution is -0.00100. The molecular weight excluding hydrogens is 71.0 g/mol. The molecule has 3 N–H and O–H groups in total. The third-order valence-electron chi connectivity index (χ3n) is 0. The summed E-state index contributed by atoms with van der Waals surface area (Å²) in [5, 5.41) is 0. The van der Waals surface area contributed by atoms with Gasteiger partial charge in [-0.25, -0.2) is 0 Å². The van der Waals surface area contributed by atoms with Crippen molar-refractivity contribution in [1.82, 2.24) is 6.15 Å². The minimum absolute atomic E-state index is 0. The van der Waals surface area contributed by atoms with Crippen LogP contribution in [-0.4, -0.2) is 0 Å². The van der Waals surface area contributed by atoms with E-state index in [2.05, 4.69) is 0 Å². The SMILES string of the molecule is N.[F-].[F-].[F-]. The van der Waals surface area contributed by atoms with Gasteiger partial charge in [-0.2, -0.15) is 0 Å². The number of rotatable bonds is 0. The van der Waals surface area contributed by atoms with Gasteiger partial charge in [0.15, 0.2) is 0 Å². The lowest BCUT2D eigenvalue weighted by Crippen LogP contribution is -3.00. The van der Waals surface area contributed by atoms with Gasteiger partial charge in [0.25, 0.3) is 0 Å². The first kappa shape index (κ1) is 454. The van der Waals surface area contributed by atoms with Gasteiger partial charge in [-0.1, -0.05) is 0 Å². The molecule has 0 amide bonds. The summed E-state index contributed by atoms with van der Waals surface area (Å²) in [7, 11) is 0. The first-order valence-corrected chi connectivity index (χ1v) is 0. The molecule has 1 nitrogen and oxygen atoms in total. The molecule has 0 aromatic heterocycles. The van der Waals surface area contributed by atoms with E-state index in [9.17, 15) is 0 Å². The second-order valence-corrected chi connectivity index (χ2v) is 0. The van der Waals surface area contributed by atoms with Gasteiger partial charge in [-0.05, 0) is 0 Å². The molecule has 0 heterocycles. The zero-order chi connectivity index (χ0) is 0. The predicted molar refractivity (Wildman–Crippen MR) is 5.02 cm³/mol. The molecular formula is H3F3N-3. The maximum Gasteiger partial charge on any atom is -0.344 e. The summed E-state index contributed by atoms with van der Waals surface area (Å²) in [6.07, 6.45) is 0. The molecule has 0 saturated carbocycles. The normalized spacial score (nSPS) is 0. The molecule has 0 fully saturated rings. The largest absolute Gasteiger partial charge is 1.00 e. The fourth-order valence-corrected chi connectivity index (χ4v) is 0. The van der Waals surface area contributed by atoms with Crippen LogP contribution in [0.2, 0.25) is 0 Å². The van der Waals surface area contributed by atoms with Crippen LogP contribution in [0.4, 0.5) is 0 Å². The molecule has 0 saturated heterocycles. The van der Waals surface area contributed by atoms with E-state index >= 15 is 0 Å². The average molecular weight is 74.0 g/mol. The van der Waals surface area contributed by atoms with Crippen molar-refractivity contribution in [1.29, 1.82) is 0 Å². The minimum Gasteiger partial charge on any atom is -1.00 e. The molecule has 0 aliphatic carbocycles. The molecule has 0 aromatic rings. The molecule has 0 aromatic carbocycles. The standard InChI is InChI=1S/3FH.H3N/h3*1H;1H3/p-3. The van der Waals surface area contributed by atoms with E-state index in [1.165, 1.54) is 0 Å². The van der Waals surface area contributed by atoms with Gasteiger partial charge in [0.2, 0.25) is 0 Å². The van der Waals surface area contributed by atoms with Crippen LogP contribution in [0.5, 0.6) is 0 Å². The van der Waals surface area contributed by atoms with Gasteiger partial charge in [-0.15, -0.1) is 0 Å². The first-order chi connectivity index (χ1) is 0. The number of hydrogen-bond donors (Lipinski definition) is 1. The van der Waals surface area contributed by atoms with E-state index in [1.807, 2.05) is 0 Å². The Morgan fingerprint density at radius 2 is 0.500 bits per heavy atom. The molecule has 0 atom stereocenters. The van der Waals surface area contributed by atoms with Crippen molar-refractivity contribution in [3.8, 4) is 0 Å². The third kappa shape index (κ3) is 15.8. The maximum atomic E-state index is 0. The third-order valence-corrected chi connectivity index (χ3v) is 0. The Bertz CT molecular complexity index is 3.25. The van der Waals surface area contributed by atoms with Gasteiger partial charge in [-0.3, -0.25) is 0 Å². The lowest BCUT2D eigenvalue weighted by atomic mass is 14.0. The highest BCUT2D eigenvalue weighted by molar-refractivity contribution is 2.13. The van der Waals surface area contributed by atoms with Crippen molar-refractivity contribution in [2.24, 2.45) is 0 Å². The van der Waals surface area contributed by atoms with E-state index < -0.39 is 0 Å². The topological polar surface area (TPSA) is 35.0 Å². The van der Waals surface area contributed by atoms with E-state index in [-0.39, 0.29) is 20.3 Å². The van der Waals surface area contributed by atoms with Crippen LogP contribution in [0.25, 0.3) is 0 Å². The monoisotopic (exact) mass is 74.0 g/mol. The van der Waals surface area contributed by atoms with Crippen LogP contribution in [0.1, 0.15) is 0 Å².